The van der Waals surface area contributed by atoms with Crippen LogP contribution in [0.15, 0.2) is 57.9 Å². The summed E-state index contributed by atoms with van der Waals surface area (Å²) in [5, 5.41) is 3.69. The zero-order chi connectivity index (χ0) is 20.9. The Bertz CT molecular complexity index is 1120. The molecule has 1 N–H and O–H groups in total. The fourth-order valence-corrected chi connectivity index (χ4v) is 3.44. The molecule has 0 saturated carbocycles. The van der Waals surface area contributed by atoms with Crippen LogP contribution in [0.4, 0.5) is 5.69 Å². The fraction of sp³-hybridized carbons (Fsp3) is 0.304. The minimum absolute atomic E-state index is 0.0465. The Morgan fingerprint density at radius 1 is 1.17 bits per heavy atom. The molecule has 1 atom stereocenters. The highest BCUT2D eigenvalue weighted by Crippen LogP contribution is 2.25. The summed E-state index contributed by atoms with van der Waals surface area (Å²) in [5.41, 5.74) is 1.68. The van der Waals surface area contributed by atoms with Crippen molar-refractivity contribution in [2.45, 2.75) is 18.9 Å². The maximum Gasteiger partial charge on any atom is 0.256 e. The Kier molecular flexibility index (Phi) is 5.99. The van der Waals surface area contributed by atoms with Gasteiger partial charge in [-0.05, 0) is 37.1 Å². The summed E-state index contributed by atoms with van der Waals surface area (Å²) in [7, 11) is 3.17. The first-order valence-electron chi connectivity index (χ1n) is 9.87. The topological polar surface area (TPSA) is 82.3 Å². The van der Waals surface area contributed by atoms with E-state index in [4.69, 9.17) is 18.6 Å². The van der Waals surface area contributed by atoms with Crippen LogP contribution in [0.25, 0.3) is 11.0 Å². The molecule has 1 aliphatic rings. The lowest BCUT2D eigenvalue weighted by Crippen LogP contribution is -2.34. The average Bonchev–Trinajstić information content (AvgIpc) is 3.30. The number of rotatable bonds is 6. The predicted molar refractivity (Wildman–Crippen MR) is 112 cm³/mol. The summed E-state index contributed by atoms with van der Waals surface area (Å²) in [4.78, 5) is 17.6. The molecule has 2 heterocycles. The Morgan fingerprint density at radius 3 is 2.80 bits per heavy atom. The summed E-state index contributed by atoms with van der Waals surface area (Å²) in [6.45, 7) is 1.19. The third-order valence-corrected chi connectivity index (χ3v) is 5.00. The van der Waals surface area contributed by atoms with Gasteiger partial charge in [0, 0.05) is 24.6 Å². The van der Waals surface area contributed by atoms with Crippen molar-refractivity contribution in [3.05, 3.63) is 59.6 Å². The summed E-state index contributed by atoms with van der Waals surface area (Å²) >= 11 is 0. The molecule has 0 bridgehead atoms. The van der Waals surface area contributed by atoms with Crippen molar-refractivity contribution in [1.82, 2.24) is 5.32 Å². The Hall–Kier alpha value is -3.32. The maximum atomic E-state index is 13.0. The van der Waals surface area contributed by atoms with Gasteiger partial charge in [-0.2, -0.15) is 0 Å². The van der Waals surface area contributed by atoms with E-state index < -0.39 is 0 Å². The van der Waals surface area contributed by atoms with Gasteiger partial charge in [-0.25, -0.2) is 4.99 Å². The fourth-order valence-electron chi connectivity index (χ4n) is 3.44. The van der Waals surface area contributed by atoms with E-state index in [0.717, 1.165) is 24.8 Å². The van der Waals surface area contributed by atoms with Gasteiger partial charge in [-0.3, -0.25) is 4.79 Å². The number of fused-ring (bicyclic) bond motifs is 1. The van der Waals surface area contributed by atoms with E-state index >= 15 is 0 Å². The number of methoxy groups -OCH3 is 2. The first kappa shape index (κ1) is 20.0. The molecule has 2 aromatic carbocycles. The molecule has 0 radical (unpaired) electrons. The van der Waals surface area contributed by atoms with Crippen molar-refractivity contribution in [3.63, 3.8) is 0 Å². The molecule has 1 aromatic heterocycles. The second kappa shape index (κ2) is 9.00. The van der Waals surface area contributed by atoms with Crippen molar-refractivity contribution in [1.29, 1.82) is 0 Å². The average molecular weight is 408 g/mol. The largest absolute Gasteiger partial charge is 0.497 e. The van der Waals surface area contributed by atoms with E-state index in [1.807, 2.05) is 30.3 Å². The van der Waals surface area contributed by atoms with Gasteiger partial charge < -0.3 is 23.9 Å². The number of carbonyl (C=O) groups excluding carboxylic acids is 1. The molecule has 156 valence electrons. The molecule has 4 rings (SSSR count). The number of hydrogen-bond acceptors (Lipinski definition) is 6. The summed E-state index contributed by atoms with van der Waals surface area (Å²) in [6, 6.07) is 14.5. The van der Waals surface area contributed by atoms with E-state index in [1.54, 1.807) is 32.4 Å². The number of para-hydroxylation sites is 1. The van der Waals surface area contributed by atoms with Gasteiger partial charge >= 0.3 is 0 Å². The van der Waals surface area contributed by atoms with Gasteiger partial charge in [-0.1, -0.05) is 18.2 Å². The molecule has 0 aliphatic carbocycles. The van der Waals surface area contributed by atoms with E-state index in [2.05, 4.69) is 10.3 Å². The second-order valence-electron chi connectivity index (χ2n) is 7.00. The van der Waals surface area contributed by atoms with Crippen LogP contribution in [0.2, 0.25) is 0 Å². The third kappa shape index (κ3) is 4.31. The third-order valence-electron chi connectivity index (χ3n) is 5.00. The highest BCUT2D eigenvalue weighted by Gasteiger charge is 2.19. The molecule has 1 fully saturated rings. The molecule has 0 unspecified atom stereocenters. The Balaban J connectivity index is 1.78. The number of ether oxygens (including phenoxy) is 3. The predicted octanol–water partition coefficient (Wildman–Crippen LogP) is 3.59. The monoisotopic (exact) mass is 408 g/mol. The van der Waals surface area contributed by atoms with Crippen LogP contribution in [0.3, 0.4) is 0 Å². The molecule has 7 heteroatoms. The SMILES string of the molecule is COc1cccc(N=c2oc3c(OC)cccc3cc2C(=O)NC[C@H]2CCCO2)c1. The van der Waals surface area contributed by atoms with Gasteiger partial charge in [-0.15, -0.1) is 0 Å². The smallest absolute Gasteiger partial charge is 0.256 e. The minimum atomic E-state index is -0.263. The van der Waals surface area contributed by atoms with Crippen LogP contribution in [0, 0.1) is 0 Å². The molecule has 3 aromatic rings. The van der Waals surface area contributed by atoms with Gasteiger partial charge in [0.15, 0.2) is 11.3 Å². The lowest BCUT2D eigenvalue weighted by molar-refractivity contribution is 0.0854. The molecule has 1 saturated heterocycles. The highest BCUT2D eigenvalue weighted by molar-refractivity contribution is 5.97. The van der Waals surface area contributed by atoms with Gasteiger partial charge in [0.05, 0.1) is 26.0 Å². The van der Waals surface area contributed by atoms with Crippen molar-refractivity contribution >= 4 is 22.6 Å². The van der Waals surface area contributed by atoms with Gasteiger partial charge in [0.2, 0.25) is 5.55 Å². The van der Waals surface area contributed by atoms with E-state index in [9.17, 15) is 4.79 Å². The first-order chi connectivity index (χ1) is 14.7. The quantitative estimate of drug-likeness (QED) is 0.674. The summed E-state index contributed by atoms with van der Waals surface area (Å²) < 4.78 is 22.3. The summed E-state index contributed by atoms with van der Waals surface area (Å²) in [5.74, 6) is 0.973. The van der Waals surface area contributed by atoms with Crippen LogP contribution in [-0.2, 0) is 4.74 Å². The molecule has 1 amide bonds. The maximum absolute atomic E-state index is 13.0. The minimum Gasteiger partial charge on any atom is -0.497 e. The van der Waals surface area contributed by atoms with Crippen LogP contribution >= 0.6 is 0 Å². The lowest BCUT2D eigenvalue weighted by atomic mass is 10.1. The van der Waals surface area contributed by atoms with Crippen molar-refractivity contribution in [2.75, 3.05) is 27.4 Å². The van der Waals surface area contributed by atoms with Crippen LogP contribution in [-0.4, -0.2) is 39.4 Å². The standard InChI is InChI=1S/C23H24N2O5/c1-27-17-8-4-7-16(13-17)25-23-19(22(26)24-14-18-9-5-11-29-18)12-15-6-3-10-20(28-2)21(15)30-23/h3-4,6-8,10,12-13,18H,5,9,11,14H2,1-2H3,(H,24,26)/t18-/m1/s1. The molecule has 7 nitrogen and oxygen atoms in total. The normalized spacial score (nSPS) is 16.6. The molecule has 1 aliphatic heterocycles. The van der Waals surface area contributed by atoms with E-state index in [0.29, 0.717) is 34.9 Å². The Morgan fingerprint density at radius 2 is 2.03 bits per heavy atom. The van der Waals surface area contributed by atoms with Crippen LogP contribution in [0.1, 0.15) is 23.2 Å². The number of nitrogens with zero attached hydrogens (tertiary/aromatic N) is 1. The van der Waals surface area contributed by atoms with E-state index in [-0.39, 0.29) is 17.6 Å². The first-order valence-corrected chi connectivity index (χ1v) is 9.87. The van der Waals surface area contributed by atoms with Gasteiger partial charge in [0.1, 0.15) is 11.3 Å². The highest BCUT2D eigenvalue weighted by atomic mass is 16.5. The number of benzene rings is 2. The zero-order valence-electron chi connectivity index (χ0n) is 17.0. The van der Waals surface area contributed by atoms with Crippen LogP contribution in [0.5, 0.6) is 11.5 Å². The molecular weight excluding hydrogens is 384 g/mol. The number of carbonyl (C=O) groups is 1. The Labute approximate surface area is 174 Å². The van der Waals surface area contributed by atoms with Crippen molar-refractivity contribution in [2.24, 2.45) is 4.99 Å². The van der Waals surface area contributed by atoms with Crippen molar-refractivity contribution in [3.8, 4) is 11.5 Å². The number of nitrogens with one attached hydrogen (secondary N) is 1. The number of hydrogen-bond donors (Lipinski definition) is 1. The van der Waals surface area contributed by atoms with E-state index in [1.165, 1.54) is 0 Å². The molecule has 30 heavy (non-hydrogen) atoms. The summed E-state index contributed by atoms with van der Waals surface area (Å²) in [6.07, 6.45) is 2.01. The van der Waals surface area contributed by atoms with Crippen LogP contribution < -0.4 is 20.3 Å². The lowest BCUT2D eigenvalue weighted by Gasteiger charge is -2.12. The molecular formula is C23H24N2O5. The molecule has 0 spiro atoms. The second-order valence-corrected chi connectivity index (χ2v) is 7.00. The number of amides is 1. The van der Waals surface area contributed by atoms with Crippen molar-refractivity contribution < 1.29 is 23.4 Å². The zero-order valence-corrected chi connectivity index (χ0v) is 17.0. The van der Waals surface area contributed by atoms with Gasteiger partial charge in [0.25, 0.3) is 5.91 Å².